The second-order valence-corrected chi connectivity index (χ2v) is 10.9. The van der Waals surface area contributed by atoms with Gasteiger partial charge in [0.15, 0.2) is 0 Å². The first-order chi connectivity index (χ1) is 19.5. The SMILES string of the molecule is CN/N=C(C)\C1=C(/C)COCCCCn2c(C(=O)O)c(CCCOc3cccc4c3CCCC4)c3cccc1c32. The van der Waals surface area contributed by atoms with E-state index >= 15 is 0 Å². The third-order valence-electron chi connectivity index (χ3n) is 8.15. The molecule has 2 heterocycles. The number of allylic oxidation sites excluding steroid dienone is 1. The molecule has 0 amide bonds. The number of hydrogen-bond donors (Lipinski definition) is 2. The highest BCUT2D eigenvalue weighted by molar-refractivity contribution is 6.26. The third-order valence-corrected chi connectivity index (χ3v) is 8.15. The molecule has 212 valence electrons. The molecule has 0 spiro atoms. The number of benzene rings is 2. The van der Waals surface area contributed by atoms with E-state index < -0.39 is 5.97 Å². The van der Waals surface area contributed by atoms with Crippen LogP contribution in [-0.4, -0.2) is 48.2 Å². The summed E-state index contributed by atoms with van der Waals surface area (Å²) in [6, 6.07) is 12.6. The minimum absolute atomic E-state index is 0.389. The molecular formula is C33H41N3O4. The Morgan fingerprint density at radius 1 is 1.12 bits per heavy atom. The molecule has 2 aliphatic rings. The van der Waals surface area contributed by atoms with Crippen LogP contribution < -0.4 is 10.2 Å². The van der Waals surface area contributed by atoms with Crippen molar-refractivity contribution in [3.63, 3.8) is 0 Å². The van der Waals surface area contributed by atoms with Crippen LogP contribution in [0.15, 0.2) is 47.1 Å². The number of nitrogens with zero attached hydrogens (tertiary/aromatic N) is 2. The molecule has 0 radical (unpaired) electrons. The summed E-state index contributed by atoms with van der Waals surface area (Å²) < 4.78 is 14.3. The normalized spacial score (nSPS) is 18.2. The maximum absolute atomic E-state index is 12.8. The number of carbonyl (C=O) groups is 1. The van der Waals surface area contributed by atoms with Gasteiger partial charge in [-0.05, 0) is 93.5 Å². The topological polar surface area (TPSA) is 85.1 Å². The molecule has 1 aliphatic carbocycles. The van der Waals surface area contributed by atoms with E-state index in [0.717, 1.165) is 76.7 Å². The summed E-state index contributed by atoms with van der Waals surface area (Å²) in [7, 11) is 1.79. The van der Waals surface area contributed by atoms with Gasteiger partial charge in [0.05, 0.1) is 24.4 Å². The molecule has 5 rings (SSSR count). The van der Waals surface area contributed by atoms with Gasteiger partial charge >= 0.3 is 5.97 Å². The first-order valence-electron chi connectivity index (χ1n) is 14.6. The molecule has 2 N–H and O–H groups in total. The highest BCUT2D eigenvalue weighted by Gasteiger charge is 2.26. The average molecular weight is 544 g/mol. The van der Waals surface area contributed by atoms with Crippen molar-refractivity contribution in [1.29, 1.82) is 0 Å². The Bertz CT molecular complexity index is 1450. The molecular weight excluding hydrogens is 502 g/mol. The Labute approximate surface area is 236 Å². The van der Waals surface area contributed by atoms with Gasteiger partial charge < -0.3 is 24.6 Å². The molecule has 3 aromatic rings. The zero-order valence-corrected chi connectivity index (χ0v) is 24.0. The molecule has 0 saturated carbocycles. The van der Waals surface area contributed by atoms with Gasteiger partial charge in [-0.1, -0.05) is 30.3 Å². The van der Waals surface area contributed by atoms with Gasteiger partial charge in [0.2, 0.25) is 0 Å². The first-order valence-corrected chi connectivity index (χ1v) is 14.6. The van der Waals surface area contributed by atoms with Crippen molar-refractivity contribution in [3.8, 4) is 5.75 Å². The number of para-hydroxylation sites is 1. The van der Waals surface area contributed by atoms with Crippen LogP contribution in [0.1, 0.15) is 78.7 Å². The number of ether oxygens (including phenoxy) is 2. The van der Waals surface area contributed by atoms with Crippen molar-refractivity contribution >= 4 is 28.2 Å². The van der Waals surface area contributed by atoms with E-state index in [1.807, 2.05) is 17.6 Å². The fraction of sp³-hybridized carbons (Fsp3) is 0.455. The Morgan fingerprint density at radius 3 is 2.77 bits per heavy atom. The van der Waals surface area contributed by atoms with Gasteiger partial charge in [0, 0.05) is 36.7 Å². The third kappa shape index (κ3) is 5.66. The predicted molar refractivity (Wildman–Crippen MR) is 161 cm³/mol. The van der Waals surface area contributed by atoms with Crippen LogP contribution in [-0.2, 0) is 30.5 Å². The van der Waals surface area contributed by atoms with Crippen LogP contribution in [0.3, 0.4) is 0 Å². The summed E-state index contributed by atoms with van der Waals surface area (Å²) in [4.78, 5) is 12.8. The number of nitrogens with one attached hydrogen (secondary N) is 1. The zero-order valence-electron chi connectivity index (χ0n) is 24.0. The number of aromatic nitrogens is 1. The minimum atomic E-state index is -0.885. The van der Waals surface area contributed by atoms with Crippen molar-refractivity contribution in [2.75, 3.05) is 26.9 Å². The van der Waals surface area contributed by atoms with E-state index in [0.29, 0.717) is 38.5 Å². The first kappa shape index (κ1) is 28.0. The monoisotopic (exact) mass is 543 g/mol. The van der Waals surface area contributed by atoms with Crippen molar-refractivity contribution in [3.05, 3.63) is 69.9 Å². The van der Waals surface area contributed by atoms with E-state index in [2.05, 4.69) is 47.8 Å². The largest absolute Gasteiger partial charge is 0.493 e. The second-order valence-electron chi connectivity index (χ2n) is 10.9. The van der Waals surface area contributed by atoms with Gasteiger partial charge in [-0.2, -0.15) is 5.10 Å². The fourth-order valence-electron chi connectivity index (χ4n) is 6.44. The quantitative estimate of drug-likeness (QED) is 0.195. The van der Waals surface area contributed by atoms with Crippen LogP contribution in [0.2, 0.25) is 0 Å². The smallest absolute Gasteiger partial charge is 0.352 e. The molecule has 0 fully saturated rings. The standard InChI is InChI=1S/C33H41N3O4/c1-22-21-39-19-7-6-18-36-31-26(14-9-15-28(31)30(22)23(2)35-34-3)27(32(36)33(37)38)16-10-20-40-29-17-8-12-24-11-4-5-13-25(24)29/h8-9,12,14-15,17,34H,4-7,10-11,13,16,18-21H2,1-3H3,(H,37,38)/b30-22-,35-23-. The minimum Gasteiger partial charge on any atom is -0.493 e. The molecule has 1 aromatic heterocycles. The summed E-state index contributed by atoms with van der Waals surface area (Å²) in [6.45, 7) is 6.40. The van der Waals surface area contributed by atoms with Crippen molar-refractivity contribution in [1.82, 2.24) is 9.99 Å². The number of aromatic carboxylic acids is 1. The van der Waals surface area contributed by atoms with Gasteiger partial charge in [-0.15, -0.1) is 0 Å². The van der Waals surface area contributed by atoms with Crippen LogP contribution in [0.5, 0.6) is 5.75 Å². The number of aryl methyl sites for hydroxylation is 3. The fourth-order valence-corrected chi connectivity index (χ4v) is 6.44. The number of rotatable bonds is 8. The van der Waals surface area contributed by atoms with E-state index in [4.69, 9.17) is 9.47 Å². The molecule has 0 bridgehead atoms. The molecule has 0 atom stereocenters. The van der Waals surface area contributed by atoms with Crippen molar-refractivity contribution in [2.45, 2.75) is 71.8 Å². The number of carboxylic acids is 1. The Kier molecular flexibility index (Phi) is 8.90. The van der Waals surface area contributed by atoms with Gasteiger partial charge in [0.25, 0.3) is 0 Å². The molecule has 7 nitrogen and oxygen atoms in total. The maximum Gasteiger partial charge on any atom is 0.352 e. The molecule has 0 saturated heterocycles. The predicted octanol–water partition coefficient (Wildman–Crippen LogP) is 6.41. The van der Waals surface area contributed by atoms with Gasteiger partial charge in [-0.3, -0.25) is 0 Å². The summed E-state index contributed by atoms with van der Waals surface area (Å²) in [5.74, 6) is 0.103. The Balaban J connectivity index is 1.53. The lowest BCUT2D eigenvalue weighted by molar-refractivity contribution is 0.0683. The highest BCUT2D eigenvalue weighted by Crippen LogP contribution is 2.36. The molecule has 1 aliphatic heterocycles. The molecule has 2 aromatic carbocycles. The lowest BCUT2D eigenvalue weighted by Crippen LogP contribution is -2.13. The van der Waals surface area contributed by atoms with E-state index in [9.17, 15) is 9.90 Å². The number of carboxylic acid groups (broad SMARTS) is 1. The Hall–Kier alpha value is -3.58. The van der Waals surface area contributed by atoms with Gasteiger partial charge in [-0.25, -0.2) is 4.79 Å². The maximum atomic E-state index is 12.8. The zero-order chi connectivity index (χ0) is 28.1. The van der Waals surface area contributed by atoms with Crippen molar-refractivity contribution < 1.29 is 19.4 Å². The average Bonchev–Trinajstić information content (AvgIpc) is 3.26. The van der Waals surface area contributed by atoms with Crippen LogP contribution in [0.4, 0.5) is 0 Å². The highest BCUT2D eigenvalue weighted by atomic mass is 16.5. The summed E-state index contributed by atoms with van der Waals surface area (Å²) >= 11 is 0. The molecule has 0 unspecified atom stereocenters. The summed E-state index contributed by atoms with van der Waals surface area (Å²) in [5, 5.41) is 16.0. The second kappa shape index (κ2) is 12.7. The number of hydrogen-bond acceptors (Lipinski definition) is 5. The van der Waals surface area contributed by atoms with Crippen LogP contribution in [0.25, 0.3) is 16.5 Å². The van der Waals surface area contributed by atoms with E-state index in [-0.39, 0.29) is 0 Å². The van der Waals surface area contributed by atoms with Crippen molar-refractivity contribution in [2.24, 2.45) is 5.10 Å². The van der Waals surface area contributed by atoms with E-state index in [1.165, 1.54) is 24.0 Å². The molecule has 40 heavy (non-hydrogen) atoms. The summed E-state index contributed by atoms with van der Waals surface area (Å²) in [5.41, 5.74) is 11.8. The van der Waals surface area contributed by atoms with Gasteiger partial charge in [0.1, 0.15) is 11.4 Å². The lowest BCUT2D eigenvalue weighted by atomic mass is 9.91. The van der Waals surface area contributed by atoms with Crippen LogP contribution >= 0.6 is 0 Å². The number of fused-ring (bicyclic) bond motifs is 1. The van der Waals surface area contributed by atoms with Crippen LogP contribution in [0, 0.1) is 0 Å². The number of hydrazone groups is 1. The molecule has 7 heteroatoms. The lowest BCUT2D eigenvalue weighted by Gasteiger charge is -2.19. The summed E-state index contributed by atoms with van der Waals surface area (Å²) in [6.07, 6.45) is 7.73. The Morgan fingerprint density at radius 2 is 1.95 bits per heavy atom. The van der Waals surface area contributed by atoms with E-state index in [1.54, 1.807) is 7.05 Å².